The van der Waals surface area contributed by atoms with Gasteiger partial charge in [-0.05, 0) is 55.0 Å². The molecule has 1 aliphatic rings. The molecular weight excluding hydrogens is 355 g/mol. The number of carbonyl (C=O) groups excluding carboxylic acids is 1. The van der Waals surface area contributed by atoms with Gasteiger partial charge in [0.05, 0.1) is 11.3 Å². The normalized spacial score (nSPS) is 16.5. The Morgan fingerprint density at radius 3 is 2.84 bits per heavy atom. The van der Waals surface area contributed by atoms with Crippen molar-refractivity contribution in [2.75, 3.05) is 5.32 Å². The Kier molecular flexibility index (Phi) is 4.39. The molecule has 6 heteroatoms. The summed E-state index contributed by atoms with van der Waals surface area (Å²) in [6, 6.07) is 6.19. The van der Waals surface area contributed by atoms with Crippen LogP contribution in [0.5, 0.6) is 0 Å². The van der Waals surface area contributed by atoms with Crippen molar-refractivity contribution < 1.29 is 9.18 Å². The first-order valence-corrected chi connectivity index (χ1v) is 9.98. The zero-order valence-corrected chi connectivity index (χ0v) is 15.3. The first-order valence-electron chi connectivity index (χ1n) is 8.22. The van der Waals surface area contributed by atoms with Crippen molar-refractivity contribution in [3.8, 4) is 11.3 Å². The summed E-state index contributed by atoms with van der Waals surface area (Å²) in [6.45, 7) is 2.26. The van der Waals surface area contributed by atoms with E-state index >= 15 is 0 Å². The van der Waals surface area contributed by atoms with Crippen LogP contribution in [0.1, 0.15) is 34.1 Å². The van der Waals surface area contributed by atoms with Crippen molar-refractivity contribution in [2.24, 2.45) is 5.92 Å². The average molecular weight is 372 g/mol. The number of thiazole rings is 1. The number of benzene rings is 1. The van der Waals surface area contributed by atoms with Gasteiger partial charge in [-0.3, -0.25) is 10.1 Å². The fourth-order valence-electron chi connectivity index (χ4n) is 3.12. The smallest absolute Gasteiger partial charge is 0.258 e. The lowest BCUT2D eigenvalue weighted by molar-refractivity contribution is 0.102. The second-order valence-electron chi connectivity index (χ2n) is 6.40. The zero-order valence-electron chi connectivity index (χ0n) is 13.7. The molecule has 128 valence electrons. The number of rotatable bonds is 3. The third-order valence-corrected chi connectivity index (χ3v) is 6.32. The lowest BCUT2D eigenvalue weighted by Crippen LogP contribution is -2.16. The topological polar surface area (TPSA) is 42.0 Å². The summed E-state index contributed by atoms with van der Waals surface area (Å²) in [6.07, 6.45) is 3.18. The van der Waals surface area contributed by atoms with E-state index < -0.39 is 0 Å². The van der Waals surface area contributed by atoms with Crippen LogP contribution in [0.25, 0.3) is 11.3 Å². The number of amides is 1. The molecule has 1 N–H and O–H groups in total. The number of halogens is 1. The van der Waals surface area contributed by atoms with E-state index in [4.69, 9.17) is 0 Å². The molecule has 0 saturated carbocycles. The SMILES string of the molecule is C[C@H]1CCc2c(C(=O)Nc3nc(-c4ccc(F)cc4)cs3)csc2C1. The molecule has 25 heavy (non-hydrogen) atoms. The largest absolute Gasteiger partial charge is 0.298 e. The van der Waals surface area contributed by atoms with E-state index in [2.05, 4.69) is 17.2 Å². The molecule has 0 saturated heterocycles. The summed E-state index contributed by atoms with van der Waals surface area (Å²) >= 11 is 3.06. The lowest BCUT2D eigenvalue weighted by Gasteiger charge is -2.18. The highest BCUT2D eigenvalue weighted by Gasteiger charge is 2.23. The van der Waals surface area contributed by atoms with Gasteiger partial charge < -0.3 is 0 Å². The molecule has 2 heterocycles. The third kappa shape index (κ3) is 3.37. The summed E-state index contributed by atoms with van der Waals surface area (Å²) in [5.41, 5.74) is 3.56. The highest BCUT2D eigenvalue weighted by atomic mass is 32.1. The Hall–Kier alpha value is -2.05. The van der Waals surface area contributed by atoms with Gasteiger partial charge in [0.15, 0.2) is 5.13 Å². The fraction of sp³-hybridized carbons (Fsp3) is 0.263. The molecule has 1 aliphatic carbocycles. The third-order valence-electron chi connectivity index (χ3n) is 4.51. The van der Waals surface area contributed by atoms with Crippen LogP contribution in [0.2, 0.25) is 0 Å². The molecule has 1 atom stereocenters. The van der Waals surface area contributed by atoms with Crippen LogP contribution in [0.3, 0.4) is 0 Å². The molecule has 0 radical (unpaired) electrons. The molecule has 4 rings (SSSR count). The van der Waals surface area contributed by atoms with Crippen LogP contribution >= 0.6 is 22.7 Å². The second-order valence-corrected chi connectivity index (χ2v) is 8.22. The summed E-state index contributed by atoms with van der Waals surface area (Å²) < 4.78 is 13.0. The predicted molar refractivity (Wildman–Crippen MR) is 101 cm³/mol. The van der Waals surface area contributed by atoms with Gasteiger partial charge in [-0.25, -0.2) is 9.37 Å². The molecule has 0 bridgehead atoms. The van der Waals surface area contributed by atoms with E-state index in [0.717, 1.165) is 36.1 Å². The molecule has 3 nitrogen and oxygen atoms in total. The number of fused-ring (bicyclic) bond motifs is 1. The van der Waals surface area contributed by atoms with Crippen molar-refractivity contribution in [3.05, 3.63) is 56.8 Å². The van der Waals surface area contributed by atoms with E-state index in [0.29, 0.717) is 11.0 Å². The van der Waals surface area contributed by atoms with E-state index in [9.17, 15) is 9.18 Å². The van der Waals surface area contributed by atoms with Gasteiger partial charge in [0.1, 0.15) is 5.82 Å². The number of anilines is 1. The maximum atomic E-state index is 13.0. The fourth-order valence-corrected chi connectivity index (χ4v) is 5.08. The Balaban J connectivity index is 1.51. The summed E-state index contributed by atoms with van der Waals surface area (Å²) in [4.78, 5) is 18.4. The number of carbonyl (C=O) groups is 1. The standard InChI is InChI=1S/C19H17FN2OS2/c1-11-2-7-14-15(9-24-17(14)8-11)18(23)22-19-21-16(10-25-19)12-3-5-13(20)6-4-12/h3-6,9-11H,2,7-8H2,1H3,(H,21,22,23)/t11-/m0/s1. The van der Waals surface area contributed by atoms with E-state index in [1.54, 1.807) is 23.5 Å². The average Bonchev–Trinajstić information content (AvgIpc) is 3.22. The van der Waals surface area contributed by atoms with Crippen LogP contribution in [0.15, 0.2) is 35.0 Å². The van der Waals surface area contributed by atoms with Gasteiger partial charge in [0.2, 0.25) is 0 Å². The quantitative estimate of drug-likeness (QED) is 0.670. The highest BCUT2D eigenvalue weighted by molar-refractivity contribution is 7.14. The Morgan fingerprint density at radius 2 is 2.04 bits per heavy atom. The number of hydrogen-bond acceptors (Lipinski definition) is 4. The van der Waals surface area contributed by atoms with Crippen molar-refractivity contribution in [2.45, 2.75) is 26.2 Å². The van der Waals surface area contributed by atoms with Gasteiger partial charge in [0, 0.05) is 21.2 Å². The number of aromatic nitrogens is 1. The zero-order chi connectivity index (χ0) is 17.4. The minimum absolute atomic E-state index is 0.0907. The Bertz CT molecular complexity index is 914. The number of hydrogen-bond donors (Lipinski definition) is 1. The predicted octanol–water partition coefficient (Wildman–Crippen LogP) is 5.39. The van der Waals surface area contributed by atoms with Gasteiger partial charge in [-0.15, -0.1) is 22.7 Å². The maximum Gasteiger partial charge on any atom is 0.258 e. The Labute approximate surface area is 153 Å². The minimum atomic E-state index is -0.274. The summed E-state index contributed by atoms with van der Waals surface area (Å²) in [7, 11) is 0. The Morgan fingerprint density at radius 1 is 1.24 bits per heavy atom. The maximum absolute atomic E-state index is 13.0. The number of thiophene rings is 1. The van der Waals surface area contributed by atoms with Crippen LogP contribution in [0.4, 0.5) is 9.52 Å². The molecule has 1 amide bonds. The molecule has 0 fully saturated rings. The van der Waals surface area contributed by atoms with Crippen molar-refractivity contribution in [3.63, 3.8) is 0 Å². The van der Waals surface area contributed by atoms with Crippen molar-refractivity contribution in [1.29, 1.82) is 0 Å². The monoisotopic (exact) mass is 372 g/mol. The lowest BCUT2D eigenvalue weighted by atomic mass is 9.88. The van der Waals surface area contributed by atoms with E-state index in [1.807, 2.05) is 10.8 Å². The van der Waals surface area contributed by atoms with Crippen LogP contribution in [-0.4, -0.2) is 10.9 Å². The molecule has 1 aromatic carbocycles. The van der Waals surface area contributed by atoms with E-state index in [1.165, 1.54) is 33.9 Å². The van der Waals surface area contributed by atoms with Gasteiger partial charge >= 0.3 is 0 Å². The van der Waals surface area contributed by atoms with Gasteiger partial charge in [-0.1, -0.05) is 6.92 Å². The highest BCUT2D eigenvalue weighted by Crippen LogP contribution is 2.33. The van der Waals surface area contributed by atoms with Crippen molar-refractivity contribution in [1.82, 2.24) is 4.98 Å². The molecule has 0 aliphatic heterocycles. The minimum Gasteiger partial charge on any atom is -0.298 e. The first kappa shape index (κ1) is 16.4. The van der Waals surface area contributed by atoms with Crippen molar-refractivity contribution >= 4 is 33.7 Å². The van der Waals surface area contributed by atoms with Gasteiger partial charge in [-0.2, -0.15) is 0 Å². The molecule has 3 aromatic rings. The summed E-state index contributed by atoms with van der Waals surface area (Å²) in [5.74, 6) is 0.329. The molecule has 0 spiro atoms. The van der Waals surface area contributed by atoms with Crippen LogP contribution in [0, 0.1) is 11.7 Å². The first-order chi connectivity index (χ1) is 12.1. The van der Waals surface area contributed by atoms with Gasteiger partial charge in [0.25, 0.3) is 5.91 Å². The second kappa shape index (κ2) is 6.69. The van der Waals surface area contributed by atoms with Crippen LogP contribution < -0.4 is 5.32 Å². The number of nitrogens with one attached hydrogen (secondary N) is 1. The molecular formula is C19H17FN2OS2. The van der Waals surface area contributed by atoms with Crippen LogP contribution in [-0.2, 0) is 12.8 Å². The molecule has 2 aromatic heterocycles. The molecule has 0 unspecified atom stereocenters. The number of nitrogens with zero attached hydrogens (tertiary/aromatic N) is 1. The summed E-state index contributed by atoms with van der Waals surface area (Å²) in [5, 5.41) is 7.31. The van der Waals surface area contributed by atoms with E-state index in [-0.39, 0.29) is 11.7 Å².